The first kappa shape index (κ1) is 19.4. The van der Waals surface area contributed by atoms with E-state index in [0.717, 1.165) is 16.5 Å². The SMILES string of the molecule is C[C@@H](CO)NC(=O)c1cnc2cccc(C3=CCC(C(F)(F)F)CC3)c2c1. The Hall–Kier alpha value is -2.41. The van der Waals surface area contributed by atoms with Gasteiger partial charge in [-0.2, -0.15) is 13.2 Å². The second-order valence-electron chi connectivity index (χ2n) is 6.90. The van der Waals surface area contributed by atoms with Crippen molar-refractivity contribution in [3.63, 3.8) is 0 Å². The van der Waals surface area contributed by atoms with Crippen molar-refractivity contribution in [3.05, 3.63) is 47.7 Å². The van der Waals surface area contributed by atoms with Crippen molar-refractivity contribution in [2.24, 2.45) is 5.92 Å². The number of aliphatic hydroxyl groups is 1. The minimum Gasteiger partial charge on any atom is -0.394 e. The third-order valence-corrected chi connectivity index (χ3v) is 4.86. The number of halogens is 3. The molecular weight excluding hydrogens is 357 g/mol. The van der Waals surface area contributed by atoms with Crippen LogP contribution in [0.15, 0.2) is 36.5 Å². The number of aliphatic hydroxyl groups excluding tert-OH is 1. The molecule has 1 aromatic carbocycles. The summed E-state index contributed by atoms with van der Waals surface area (Å²) in [4.78, 5) is 16.6. The number of fused-ring (bicyclic) bond motifs is 1. The van der Waals surface area contributed by atoms with Crippen LogP contribution in [-0.2, 0) is 0 Å². The first-order valence-electron chi connectivity index (χ1n) is 8.86. The Labute approximate surface area is 155 Å². The molecule has 2 aromatic rings. The van der Waals surface area contributed by atoms with Crippen molar-refractivity contribution in [1.82, 2.24) is 10.3 Å². The van der Waals surface area contributed by atoms with Gasteiger partial charge in [0, 0.05) is 17.6 Å². The van der Waals surface area contributed by atoms with E-state index in [1.165, 1.54) is 6.20 Å². The van der Waals surface area contributed by atoms with E-state index in [2.05, 4.69) is 10.3 Å². The van der Waals surface area contributed by atoms with Gasteiger partial charge >= 0.3 is 6.18 Å². The van der Waals surface area contributed by atoms with E-state index in [0.29, 0.717) is 17.5 Å². The molecule has 0 bridgehead atoms. The quantitative estimate of drug-likeness (QED) is 0.842. The number of aromatic nitrogens is 1. The van der Waals surface area contributed by atoms with Gasteiger partial charge in [0.1, 0.15) is 0 Å². The van der Waals surface area contributed by atoms with E-state index in [1.807, 2.05) is 12.1 Å². The maximum absolute atomic E-state index is 12.9. The van der Waals surface area contributed by atoms with Crippen molar-refractivity contribution in [2.45, 2.75) is 38.4 Å². The maximum atomic E-state index is 12.9. The van der Waals surface area contributed by atoms with Crippen LogP contribution < -0.4 is 5.32 Å². The highest BCUT2D eigenvalue weighted by atomic mass is 19.4. The summed E-state index contributed by atoms with van der Waals surface area (Å²) in [6.07, 6.45) is -0.695. The van der Waals surface area contributed by atoms with Crippen molar-refractivity contribution in [1.29, 1.82) is 0 Å². The molecule has 1 amide bonds. The molecule has 1 aliphatic carbocycles. The molecule has 0 saturated heterocycles. The Morgan fingerprint density at radius 2 is 2.19 bits per heavy atom. The number of hydrogen-bond acceptors (Lipinski definition) is 3. The maximum Gasteiger partial charge on any atom is 0.392 e. The van der Waals surface area contributed by atoms with Crippen molar-refractivity contribution in [2.75, 3.05) is 6.61 Å². The van der Waals surface area contributed by atoms with Crippen LogP contribution in [0, 0.1) is 5.92 Å². The second kappa shape index (κ2) is 7.68. The van der Waals surface area contributed by atoms with E-state index < -0.39 is 12.1 Å². The average Bonchev–Trinajstić information content (AvgIpc) is 2.66. The van der Waals surface area contributed by atoms with Gasteiger partial charge in [0.15, 0.2) is 0 Å². The summed E-state index contributed by atoms with van der Waals surface area (Å²) in [5.41, 5.74) is 2.69. The number of benzene rings is 1. The van der Waals surface area contributed by atoms with Crippen LogP contribution in [0.1, 0.15) is 42.1 Å². The molecule has 1 aromatic heterocycles. The summed E-state index contributed by atoms with van der Waals surface area (Å²) in [6, 6.07) is 6.78. The predicted octanol–water partition coefficient (Wildman–Crippen LogP) is 4.09. The van der Waals surface area contributed by atoms with Crippen LogP contribution in [-0.4, -0.2) is 34.8 Å². The van der Waals surface area contributed by atoms with Crippen molar-refractivity contribution < 1.29 is 23.1 Å². The minimum absolute atomic E-state index is 0.0309. The molecule has 7 heteroatoms. The summed E-state index contributed by atoms with van der Waals surface area (Å²) in [6.45, 7) is 1.51. The second-order valence-corrected chi connectivity index (χ2v) is 6.90. The Morgan fingerprint density at radius 3 is 2.81 bits per heavy atom. The highest BCUT2D eigenvalue weighted by Gasteiger charge is 2.39. The lowest BCUT2D eigenvalue weighted by Gasteiger charge is -2.24. The van der Waals surface area contributed by atoms with Gasteiger partial charge in [0.25, 0.3) is 5.91 Å². The predicted molar refractivity (Wildman–Crippen MR) is 97.1 cm³/mol. The van der Waals surface area contributed by atoms with Crippen LogP contribution in [0.3, 0.4) is 0 Å². The number of amides is 1. The van der Waals surface area contributed by atoms with Crippen LogP contribution in [0.2, 0.25) is 0 Å². The molecule has 0 radical (unpaired) electrons. The van der Waals surface area contributed by atoms with Crippen LogP contribution in [0.25, 0.3) is 16.5 Å². The molecule has 0 fully saturated rings. The fourth-order valence-electron chi connectivity index (χ4n) is 3.28. The third kappa shape index (κ3) is 4.30. The topological polar surface area (TPSA) is 62.2 Å². The zero-order valence-corrected chi connectivity index (χ0v) is 14.9. The van der Waals surface area contributed by atoms with Crippen molar-refractivity contribution in [3.8, 4) is 0 Å². The van der Waals surface area contributed by atoms with Gasteiger partial charge in [-0.25, -0.2) is 0 Å². The summed E-state index contributed by atoms with van der Waals surface area (Å²) in [5, 5.41) is 12.5. The number of nitrogens with zero attached hydrogens (tertiary/aromatic N) is 1. The number of alkyl halides is 3. The van der Waals surface area contributed by atoms with Crippen LogP contribution in [0.4, 0.5) is 13.2 Å². The summed E-state index contributed by atoms with van der Waals surface area (Å²) >= 11 is 0. The Kier molecular flexibility index (Phi) is 5.51. The first-order valence-corrected chi connectivity index (χ1v) is 8.86. The lowest BCUT2D eigenvalue weighted by Crippen LogP contribution is -2.35. The van der Waals surface area contributed by atoms with Gasteiger partial charge in [0.05, 0.1) is 23.6 Å². The molecule has 1 unspecified atom stereocenters. The van der Waals surface area contributed by atoms with Crippen LogP contribution in [0.5, 0.6) is 0 Å². The molecule has 4 nitrogen and oxygen atoms in total. The average molecular weight is 378 g/mol. The number of hydrogen-bond donors (Lipinski definition) is 2. The number of nitrogens with one attached hydrogen (secondary N) is 1. The normalized spacial score (nSPS) is 18.9. The molecule has 2 N–H and O–H groups in total. The van der Waals surface area contributed by atoms with Gasteiger partial charge in [-0.3, -0.25) is 9.78 Å². The smallest absolute Gasteiger partial charge is 0.392 e. The van der Waals surface area contributed by atoms with E-state index in [-0.39, 0.29) is 31.4 Å². The van der Waals surface area contributed by atoms with Gasteiger partial charge in [-0.15, -0.1) is 0 Å². The largest absolute Gasteiger partial charge is 0.394 e. The van der Waals surface area contributed by atoms with Crippen molar-refractivity contribution >= 4 is 22.4 Å². The number of rotatable bonds is 4. The summed E-state index contributed by atoms with van der Waals surface area (Å²) < 4.78 is 38.7. The number of carbonyl (C=O) groups is 1. The Morgan fingerprint density at radius 1 is 1.41 bits per heavy atom. The standard InChI is InChI=1S/C20H21F3N2O2/c1-12(11-26)25-19(27)14-9-17-16(3-2-4-18(17)24-10-14)13-5-7-15(8-6-13)20(21,22)23/h2-5,9-10,12,15,26H,6-8,11H2,1H3,(H,25,27)/t12-,15?/m0/s1. The molecule has 1 heterocycles. The van der Waals surface area contributed by atoms with E-state index in [9.17, 15) is 18.0 Å². The lowest BCUT2D eigenvalue weighted by atomic mass is 9.85. The molecule has 3 rings (SSSR count). The molecular formula is C20H21F3N2O2. The summed E-state index contributed by atoms with van der Waals surface area (Å²) in [5.74, 6) is -1.65. The lowest BCUT2D eigenvalue weighted by molar-refractivity contribution is -0.175. The highest BCUT2D eigenvalue weighted by Crippen LogP contribution is 2.40. The number of pyridine rings is 1. The van der Waals surface area contributed by atoms with E-state index >= 15 is 0 Å². The fraction of sp³-hybridized carbons (Fsp3) is 0.400. The molecule has 144 valence electrons. The minimum atomic E-state index is -4.17. The summed E-state index contributed by atoms with van der Waals surface area (Å²) in [7, 11) is 0. The van der Waals surface area contributed by atoms with E-state index in [1.54, 1.807) is 25.1 Å². The molecule has 2 atom stereocenters. The first-order chi connectivity index (χ1) is 12.8. The third-order valence-electron chi connectivity index (χ3n) is 4.86. The number of carbonyl (C=O) groups excluding carboxylic acids is 1. The molecule has 0 aliphatic heterocycles. The zero-order valence-electron chi connectivity index (χ0n) is 14.9. The molecule has 1 aliphatic rings. The molecule has 0 saturated carbocycles. The van der Waals surface area contributed by atoms with Gasteiger partial charge in [-0.1, -0.05) is 18.2 Å². The Balaban J connectivity index is 1.93. The van der Waals surface area contributed by atoms with Gasteiger partial charge < -0.3 is 10.4 Å². The number of allylic oxidation sites excluding steroid dienone is 2. The van der Waals surface area contributed by atoms with E-state index in [4.69, 9.17) is 5.11 Å². The van der Waals surface area contributed by atoms with Gasteiger partial charge in [-0.05, 0) is 49.5 Å². The highest BCUT2D eigenvalue weighted by molar-refractivity contribution is 6.00. The van der Waals surface area contributed by atoms with Gasteiger partial charge in [0.2, 0.25) is 0 Å². The Bertz CT molecular complexity index is 877. The zero-order chi connectivity index (χ0) is 19.6. The van der Waals surface area contributed by atoms with Crippen LogP contribution >= 0.6 is 0 Å². The molecule has 27 heavy (non-hydrogen) atoms. The molecule has 0 spiro atoms. The monoisotopic (exact) mass is 378 g/mol. The fourth-order valence-corrected chi connectivity index (χ4v) is 3.28.